The molecule has 2 rings (SSSR count). The predicted octanol–water partition coefficient (Wildman–Crippen LogP) is 5.39. The highest BCUT2D eigenvalue weighted by atomic mass is 127. The van der Waals surface area contributed by atoms with E-state index < -0.39 is 0 Å². The molecule has 1 atom stereocenters. The van der Waals surface area contributed by atoms with Gasteiger partial charge in [0.15, 0.2) is 0 Å². The van der Waals surface area contributed by atoms with E-state index in [-0.39, 0.29) is 11.9 Å². The summed E-state index contributed by atoms with van der Waals surface area (Å²) in [4.78, 5) is 0. The molecule has 0 bridgehead atoms. The monoisotopic (exact) mass is 461 g/mol. The number of benzene rings is 2. The highest BCUT2D eigenvalue weighted by molar-refractivity contribution is 14.1. The standard InChI is InChI=1S/C17H18BrFIN/c1-3-21-15(13-8-4-6-11(2)17(13)20)10-12-7-5-9-14(19)16(12)18/h4-9,15,21H,3,10H2,1-2H3. The van der Waals surface area contributed by atoms with Gasteiger partial charge in [0, 0.05) is 9.61 Å². The quantitative estimate of drug-likeness (QED) is 0.588. The summed E-state index contributed by atoms with van der Waals surface area (Å²) < 4.78 is 15.5. The minimum atomic E-state index is -0.207. The smallest absolute Gasteiger partial charge is 0.137 e. The molecule has 21 heavy (non-hydrogen) atoms. The van der Waals surface area contributed by atoms with Crippen LogP contribution in [0.3, 0.4) is 0 Å². The first-order valence-electron chi connectivity index (χ1n) is 6.95. The maximum absolute atomic E-state index is 13.7. The van der Waals surface area contributed by atoms with Gasteiger partial charge in [-0.2, -0.15) is 0 Å². The second-order valence-electron chi connectivity index (χ2n) is 5.01. The van der Waals surface area contributed by atoms with Crippen molar-refractivity contribution in [2.75, 3.05) is 6.54 Å². The van der Waals surface area contributed by atoms with Crippen molar-refractivity contribution in [1.82, 2.24) is 5.32 Å². The molecule has 1 nitrogen and oxygen atoms in total. The van der Waals surface area contributed by atoms with Crippen LogP contribution in [0.5, 0.6) is 0 Å². The third-order valence-electron chi connectivity index (χ3n) is 3.50. The summed E-state index contributed by atoms with van der Waals surface area (Å²) in [7, 11) is 0. The summed E-state index contributed by atoms with van der Waals surface area (Å²) in [5, 5.41) is 3.51. The van der Waals surface area contributed by atoms with E-state index in [1.807, 2.05) is 6.07 Å². The van der Waals surface area contributed by atoms with Gasteiger partial charge >= 0.3 is 0 Å². The SMILES string of the molecule is CCNC(Cc1cccc(F)c1Br)c1cccc(C)c1I. The third kappa shape index (κ3) is 4.05. The Balaban J connectivity index is 2.35. The molecule has 0 amide bonds. The van der Waals surface area contributed by atoms with Crippen molar-refractivity contribution in [3.05, 3.63) is 66.9 Å². The molecule has 2 aromatic carbocycles. The van der Waals surface area contributed by atoms with E-state index in [4.69, 9.17) is 0 Å². The average molecular weight is 462 g/mol. The second-order valence-corrected chi connectivity index (χ2v) is 6.88. The maximum Gasteiger partial charge on any atom is 0.137 e. The van der Waals surface area contributed by atoms with Crippen LogP contribution >= 0.6 is 38.5 Å². The molecule has 0 aliphatic heterocycles. The molecular weight excluding hydrogens is 444 g/mol. The van der Waals surface area contributed by atoms with E-state index in [0.717, 1.165) is 18.5 Å². The lowest BCUT2D eigenvalue weighted by Crippen LogP contribution is -2.24. The summed E-state index contributed by atoms with van der Waals surface area (Å²) >= 11 is 5.75. The second kappa shape index (κ2) is 7.70. The number of halogens is 3. The van der Waals surface area contributed by atoms with E-state index in [1.165, 1.54) is 20.8 Å². The van der Waals surface area contributed by atoms with Crippen LogP contribution in [0.2, 0.25) is 0 Å². The Morgan fingerprint density at radius 1 is 1.24 bits per heavy atom. The van der Waals surface area contributed by atoms with Crippen molar-refractivity contribution in [1.29, 1.82) is 0 Å². The first-order valence-corrected chi connectivity index (χ1v) is 8.83. The van der Waals surface area contributed by atoms with Gasteiger partial charge in [0.25, 0.3) is 0 Å². The van der Waals surface area contributed by atoms with Crippen LogP contribution in [-0.2, 0) is 6.42 Å². The molecule has 0 fully saturated rings. The van der Waals surface area contributed by atoms with Gasteiger partial charge in [0.05, 0.1) is 4.47 Å². The van der Waals surface area contributed by atoms with Gasteiger partial charge in [-0.3, -0.25) is 0 Å². The summed E-state index contributed by atoms with van der Waals surface area (Å²) in [6.07, 6.45) is 0.756. The third-order valence-corrected chi connectivity index (χ3v) is 5.86. The van der Waals surface area contributed by atoms with Gasteiger partial charge in [-0.05, 0) is 81.2 Å². The molecule has 0 spiro atoms. The van der Waals surface area contributed by atoms with Gasteiger partial charge < -0.3 is 5.32 Å². The summed E-state index contributed by atoms with van der Waals surface area (Å²) in [6.45, 7) is 5.09. The van der Waals surface area contributed by atoms with Crippen molar-refractivity contribution < 1.29 is 4.39 Å². The Morgan fingerprint density at radius 2 is 1.95 bits per heavy atom. The number of nitrogens with one attached hydrogen (secondary N) is 1. The van der Waals surface area contributed by atoms with Gasteiger partial charge in [-0.1, -0.05) is 37.3 Å². The van der Waals surface area contributed by atoms with Crippen molar-refractivity contribution in [3.8, 4) is 0 Å². The molecular formula is C17H18BrFIN. The topological polar surface area (TPSA) is 12.0 Å². The maximum atomic E-state index is 13.7. The Labute approximate surface area is 147 Å². The van der Waals surface area contributed by atoms with Gasteiger partial charge in [-0.25, -0.2) is 4.39 Å². The van der Waals surface area contributed by atoms with Gasteiger partial charge in [0.2, 0.25) is 0 Å². The summed E-state index contributed by atoms with van der Waals surface area (Å²) in [5.41, 5.74) is 3.53. The summed E-state index contributed by atoms with van der Waals surface area (Å²) in [6, 6.07) is 11.7. The van der Waals surface area contributed by atoms with Crippen LogP contribution in [-0.4, -0.2) is 6.54 Å². The molecule has 0 radical (unpaired) electrons. The predicted molar refractivity (Wildman–Crippen MR) is 98.1 cm³/mol. The first kappa shape index (κ1) is 16.9. The van der Waals surface area contributed by atoms with E-state index in [0.29, 0.717) is 4.47 Å². The van der Waals surface area contributed by atoms with E-state index in [2.05, 4.69) is 75.9 Å². The average Bonchev–Trinajstić information content (AvgIpc) is 2.46. The number of hydrogen-bond acceptors (Lipinski definition) is 1. The lowest BCUT2D eigenvalue weighted by molar-refractivity contribution is 0.542. The Hall–Kier alpha value is -0.460. The number of likely N-dealkylation sites (N-methyl/N-ethyl adjacent to an activating group) is 1. The molecule has 0 heterocycles. The highest BCUT2D eigenvalue weighted by Crippen LogP contribution is 2.29. The number of aryl methyl sites for hydroxylation is 1. The van der Waals surface area contributed by atoms with Crippen molar-refractivity contribution in [2.24, 2.45) is 0 Å². The van der Waals surface area contributed by atoms with Crippen molar-refractivity contribution >= 4 is 38.5 Å². The van der Waals surface area contributed by atoms with E-state index in [9.17, 15) is 4.39 Å². The van der Waals surface area contributed by atoms with Crippen LogP contribution in [0.25, 0.3) is 0 Å². The fraction of sp³-hybridized carbons (Fsp3) is 0.294. The molecule has 0 saturated carbocycles. The lowest BCUT2D eigenvalue weighted by atomic mass is 9.97. The highest BCUT2D eigenvalue weighted by Gasteiger charge is 2.17. The largest absolute Gasteiger partial charge is 0.310 e. The molecule has 112 valence electrons. The lowest BCUT2D eigenvalue weighted by Gasteiger charge is -2.21. The minimum Gasteiger partial charge on any atom is -0.310 e. The van der Waals surface area contributed by atoms with Gasteiger partial charge in [-0.15, -0.1) is 0 Å². The molecule has 0 saturated heterocycles. The van der Waals surface area contributed by atoms with E-state index >= 15 is 0 Å². The van der Waals surface area contributed by atoms with Crippen LogP contribution in [0, 0.1) is 16.3 Å². The molecule has 4 heteroatoms. The zero-order valence-electron chi connectivity index (χ0n) is 12.1. The van der Waals surface area contributed by atoms with Crippen LogP contribution in [0.1, 0.15) is 29.7 Å². The zero-order valence-corrected chi connectivity index (χ0v) is 15.8. The molecule has 1 unspecified atom stereocenters. The number of rotatable bonds is 5. The van der Waals surface area contributed by atoms with Crippen molar-refractivity contribution in [3.63, 3.8) is 0 Å². The van der Waals surface area contributed by atoms with Crippen LogP contribution in [0.15, 0.2) is 40.9 Å². The van der Waals surface area contributed by atoms with Crippen molar-refractivity contribution in [2.45, 2.75) is 26.3 Å². The molecule has 1 N–H and O–H groups in total. The summed E-state index contributed by atoms with van der Waals surface area (Å²) in [5.74, 6) is -0.207. The number of hydrogen-bond donors (Lipinski definition) is 1. The fourth-order valence-corrected chi connectivity index (χ4v) is 3.57. The molecule has 0 aliphatic rings. The fourth-order valence-electron chi connectivity index (χ4n) is 2.40. The van der Waals surface area contributed by atoms with Gasteiger partial charge in [0.1, 0.15) is 5.82 Å². The van der Waals surface area contributed by atoms with Crippen LogP contribution in [0.4, 0.5) is 4.39 Å². The molecule has 0 aliphatic carbocycles. The van der Waals surface area contributed by atoms with Crippen LogP contribution < -0.4 is 5.32 Å². The minimum absolute atomic E-state index is 0.180. The Bertz CT molecular complexity index is 630. The Kier molecular flexibility index (Phi) is 6.20. The van der Waals surface area contributed by atoms with E-state index in [1.54, 1.807) is 6.07 Å². The molecule has 0 aromatic heterocycles. The molecule has 2 aromatic rings. The zero-order chi connectivity index (χ0) is 15.4. The normalized spacial score (nSPS) is 12.4. The Morgan fingerprint density at radius 3 is 2.67 bits per heavy atom. The first-order chi connectivity index (χ1) is 10.0.